The van der Waals surface area contributed by atoms with Crippen LogP contribution in [0.2, 0.25) is 0 Å². The average molecular weight is 142 g/mol. The fourth-order valence-electron chi connectivity index (χ4n) is 0.893. The van der Waals surface area contributed by atoms with Gasteiger partial charge in [-0.1, -0.05) is 0 Å². The fourth-order valence-corrected chi connectivity index (χ4v) is 0.893. The number of halogens is 2. The summed E-state index contributed by atoms with van der Waals surface area (Å²) in [4.78, 5) is 0. The second-order valence-electron chi connectivity index (χ2n) is 2.35. The molecule has 54 valence electrons. The summed E-state index contributed by atoms with van der Waals surface area (Å²) in [5, 5.41) is 0. The van der Waals surface area contributed by atoms with Crippen LogP contribution in [-0.2, 0) is 0 Å². The minimum absolute atomic E-state index is 0.318. The first-order valence-electron chi connectivity index (χ1n) is 3.03. The molecule has 0 fully saturated rings. The van der Waals surface area contributed by atoms with Gasteiger partial charge < -0.3 is 0 Å². The molecule has 0 aromatic carbocycles. The Morgan fingerprint density at radius 3 is 2.30 bits per heavy atom. The van der Waals surface area contributed by atoms with Crippen LogP contribution in [0.3, 0.4) is 0 Å². The van der Waals surface area contributed by atoms with E-state index in [9.17, 15) is 8.78 Å². The van der Waals surface area contributed by atoms with Gasteiger partial charge in [-0.05, 0) is 31.1 Å². The summed E-state index contributed by atoms with van der Waals surface area (Å²) in [6.45, 7) is 3.09. The largest absolute Gasteiger partial charge is 0.235 e. The van der Waals surface area contributed by atoms with Gasteiger partial charge in [0, 0.05) is 6.42 Å². The molecule has 0 atom stereocenters. The van der Waals surface area contributed by atoms with Gasteiger partial charge in [0.2, 0.25) is 0 Å². The van der Waals surface area contributed by atoms with Crippen molar-refractivity contribution in [3.63, 3.8) is 0 Å². The Hall–Kier alpha value is -0.660. The fraction of sp³-hybridized carbons (Fsp3) is 0.250. The topological polar surface area (TPSA) is 0 Å². The van der Waals surface area contributed by atoms with Crippen LogP contribution in [0.15, 0.2) is 23.0 Å². The standard InChI is InChI=1S/C8H8F2/c1-5-3-7(9)4-6(2)8(5)10/h3-4H,1-2H3. The molecule has 0 N–H and O–H groups in total. The maximum atomic E-state index is 12.7. The van der Waals surface area contributed by atoms with E-state index in [2.05, 4.69) is 0 Å². The molecular formula is C8H8F2. The molecule has 1 aliphatic rings. The summed E-state index contributed by atoms with van der Waals surface area (Å²) in [7, 11) is 0. The number of hydrogen-bond acceptors (Lipinski definition) is 0. The van der Waals surface area contributed by atoms with Gasteiger partial charge in [-0.15, -0.1) is 0 Å². The quantitative estimate of drug-likeness (QED) is 0.487. The van der Waals surface area contributed by atoms with Gasteiger partial charge in [0.05, 0.1) is 0 Å². The van der Waals surface area contributed by atoms with Crippen molar-refractivity contribution in [3.05, 3.63) is 35.6 Å². The molecule has 0 saturated heterocycles. The molecule has 0 aromatic heterocycles. The summed E-state index contributed by atoms with van der Waals surface area (Å²) in [5.74, 6) is -0.318. The highest BCUT2D eigenvalue weighted by molar-refractivity contribution is 5.43. The van der Waals surface area contributed by atoms with Crippen molar-refractivity contribution in [1.82, 2.24) is 0 Å². The van der Waals surface area contributed by atoms with Crippen molar-refractivity contribution in [2.45, 2.75) is 13.8 Å². The summed E-state index contributed by atoms with van der Waals surface area (Å²) < 4.78 is 25.2. The first-order chi connectivity index (χ1) is 4.61. The highest BCUT2D eigenvalue weighted by Crippen LogP contribution is 2.29. The van der Waals surface area contributed by atoms with E-state index < -0.39 is 0 Å². The minimum atomic E-state index is -0.378. The lowest BCUT2D eigenvalue weighted by molar-refractivity contribution is 0.549. The van der Waals surface area contributed by atoms with E-state index in [0.29, 0.717) is 11.1 Å². The van der Waals surface area contributed by atoms with E-state index in [0.717, 1.165) is 0 Å². The van der Waals surface area contributed by atoms with Gasteiger partial charge in [0.1, 0.15) is 5.83 Å². The molecule has 0 amide bonds. The van der Waals surface area contributed by atoms with Gasteiger partial charge in [-0.2, -0.15) is 0 Å². The Bertz CT molecular complexity index is 201. The van der Waals surface area contributed by atoms with Gasteiger partial charge in [0.15, 0.2) is 6.17 Å². The molecule has 0 aromatic rings. The van der Waals surface area contributed by atoms with Crippen molar-refractivity contribution >= 4 is 0 Å². The van der Waals surface area contributed by atoms with Crippen LogP contribution in [0, 0.1) is 12.6 Å². The van der Waals surface area contributed by atoms with Gasteiger partial charge in [-0.3, -0.25) is 0 Å². The van der Waals surface area contributed by atoms with Gasteiger partial charge >= 0.3 is 0 Å². The average Bonchev–Trinajstić information content (AvgIpc) is 1.82. The summed E-state index contributed by atoms with van der Waals surface area (Å²) >= 11 is 0. The maximum Gasteiger partial charge on any atom is 0.175 e. The van der Waals surface area contributed by atoms with E-state index in [1.54, 1.807) is 13.8 Å². The zero-order chi connectivity index (χ0) is 7.72. The molecule has 1 rings (SSSR count). The Morgan fingerprint density at radius 2 is 1.80 bits per heavy atom. The summed E-state index contributed by atoms with van der Waals surface area (Å²) in [6, 6.07) is 0. The predicted molar refractivity (Wildman–Crippen MR) is 36.2 cm³/mol. The smallest absolute Gasteiger partial charge is 0.175 e. The first kappa shape index (κ1) is 7.45. The van der Waals surface area contributed by atoms with Crippen molar-refractivity contribution in [2.24, 2.45) is 0 Å². The molecule has 0 unspecified atom stereocenters. The van der Waals surface area contributed by atoms with Crippen LogP contribution < -0.4 is 0 Å². The minimum Gasteiger partial charge on any atom is -0.235 e. The van der Waals surface area contributed by atoms with Crippen molar-refractivity contribution in [2.75, 3.05) is 0 Å². The van der Waals surface area contributed by atoms with Crippen LogP contribution in [0.25, 0.3) is 0 Å². The monoisotopic (exact) mass is 142 g/mol. The third kappa shape index (κ3) is 1.25. The number of rotatable bonds is 0. The molecule has 10 heavy (non-hydrogen) atoms. The lowest BCUT2D eigenvalue weighted by Gasteiger charge is -2.11. The van der Waals surface area contributed by atoms with Crippen molar-refractivity contribution < 1.29 is 8.78 Å². The van der Waals surface area contributed by atoms with Crippen LogP contribution in [0.4, 0.5) is 8.78 Å². The molecule has 1 aliphatic carbocycles. The van der Waals surface area contributed by atoms with Crippen LogP contribution in [-0.4, -0.2) is 0 Å². The van der Waals surface area contributed by atoms with Crippen molar-refractivity contribution in [3.8, 4) is 0 Å². The summed E-state index contributed by atoms with van der Waals surface area (Å²) in [6.07, 6.45) is 1.99. The molecule has 2 radical (unpaired) electrons. The van der Waals surface area contributed by atoms with E-state index >= 15 is 0 Å². The molecule has 0 saturated carbocycles. The van der Waals surface area contributed by atoms with Crippen molar-refractivity contribution in [1.29, 1.82) is 0 Å². The summed E-state index contributed by atoms with van der Waals surface area (Å²) in [5.41, 5.74) is 0.718. The molecular weight excluding hydrogens is 134 g/mol. The third-order valence-electron chi connectivity index (χ3n) is 1.40. The zero-order valence-electron chi connectivity index (χ0n) is 5.91. The molecule has 0 nitrogen and oxygen atoms in total. The Labute approximate surface area is 59.2 Å². The SMILES string of the molecule is CC1=C[C](F)[CH]C(C)=C1F. The highest BCUT2D eigenvalue weighted by atomic mass is 19.1. The first-order valence-corrected chi connectivity index (χ1v) is 3.03. The van der Waals surface area contributed by atoms with E-state index in [4.69, 9.17) is 0 Å². The lowest BCUT2D eigenvalue weighted by atomic mass is 9.99. The Balaban J connectivity index is 2.90. The molecule has 0 aliphatic heterocycles. The normalized spacial score (nSPS) is 21.4. The number of hydrogen-bond donors (Lipinski definition) is 0. The molecule has 2 heteroatoms. The maximum absolute atomic E-state index is 12.7. The second kappa shape index (κ2) is 2.52. The predicted octanol–water partition coefficient (Wildman–Crippen LogP) is 2.90. The lowest BCUT2D eigenvalue weighted by Crippen LogP contribution is -1.99. The van der Waals surface area contributed by atoms with Gasteiger partial charge in [0.25, 0.3) is 0 Å². The molecule has 0 heterocycles. The highest BCUT2D eigenvalue weighted by Gasteiger charge is 2.17. The number of allylic oxidation sites excluding steroid dienone is 4. The van der Waals surface area contributed by atoms with Crippen LogP contribution >= 0.6 is 0 Å². The molecule has 0 bridgehead atoms. The van der Waals surface area contributed by atoms with Gasteiger partial charge in [-0.25, -0.2) is 8.78 Å². The van der Waals surface area contributed by atoms with Crippen LogP contribution in [0.1, 0.15) is 13.8 Å². The third-order valence-corrected chi connectivity index (χ3v) is 1.40. The Kier molecular flexibility index (Phi) is 1.88. The van der Waals surface area contributed by atoms with Crippen LogP contribution in [0.5, 0.6) is 0 Å². The Morgan fingerprint density at radius 1 is 1.20 bits per heavy atom. The van der Waals surface area contributed by atoms with E-state index in [-0.39, 0.29) is 12.0 Å². The zero-order valence-corrected chi connectivity index (χ0v) is 5.91. The van der Waals surface area contributed by atoms with E-state index in [1.165, 1.54) is 12.5 Å². The molecule has 0 spiro atoms. The van der Waals surface area contributed by atoms with E-state index in [1.807, 2.05) is 0 Å². The second-order valence-corrected chi connectivity index (χ2v) is 2.35.